The molecule has 6 nitrogen and oxygen atoms in total. The number of sulfonamides is 1. The molecule has 0 bridgehead atoms. The highest BCUT2D eigenvalue weighted by Crippen LogP contribution is 2.32. The van der Waals surface area contributed by atoms with Gasteiger partial charge >= 0.3 is 6.18 Å². The van der Waals surface area contributed by atoms with Crippen molar-refractivity contribution in [2.75, 3.05) is 19.8 Å². The van der Waals surface area contributed by atoms with Gasteiger partial charge < -0.3 is 9.47 Å². The summed E-state index contributed by atoms with van der Waals surface area (Å²) in [4.78, 5) is 12.7. The van der Waals surface area contributed by atoms with Crippen LogP contribution in [0, 0.1) is 5.92 Å². The van der Waals surface area contributed by atoms with Crippen LogP contribution in [0.4, 0.5) is 13.2 Å². The summed E-state index contributed by atoms with van der Waals surface area (Å²) in [7, 11) is -3.82. The van der Waals surface area contributed by atoms with Crippen molar-refractivity contribution in [3.63, 3.8) is 0 Å². The average Bonchev–Trinajstić information content (AvgIpc) is 3.54. The van der Waals surface area contributed by atoms with Crippen LogP contribution < -0.4 is 9.46 Å². The monoisotopic (exact) mass is 483 g/mol. The molecule has 0 atom stereocenters. The molecule has 0 amide bonds. The Morgan fingerprint density at radius 3 is 2.48 bits per heavy atom. The summed E-state index contributed by atoms with van der Waals surface area (Å²) >= 11 is 0. The molecule has 0 unspecified atom stereocenters. The predicted octanol–water partition coefficient (Wildman–Crippen LogP) is 3.53. The molecule has 1 saturated carbocycles. The van der Waals surface area contributed by atoms with Gasteiger partial charge in [-0.15, -0.1) is 0 Å². The number of ether oxygens (including phenoxy) is 2. The topological polar surface area (TPSA) is 81.7 Å². The van der Waals surface area contributed by atoms with Crippen molar-refractivity contribution in [2.24, 2.45) is 5.92 Å². The molecular weight excluding hydrogens is 459 g/mol. The number of hydrogen-bond acceptors (Lipinski definition) is 5. The van der Waals surface area contributed by atoms with Crippen molar-refractivity contribution < 1.29 is 35.9 Å². The maximum atomic E-state index is 13.0. The third-order valence-corrected chi connectivity index (χ3v) is 7.03. The lowest BCUT2D eigenvalue weighted by Gasteiger charge is -2.26. The second-order valence-electron chi connectivity index (χ2n) is 8.47. The Hall–Kier alpha value is -2.43. The third-order valence-electron chi connectivity index (χ3n) is 5.52. The van der Waals surface area contributed by atoms with Crippen LogP contribution in [0.3, 0.4) is 0 Å². The Bertz CT molecular complexity index is 1130. The average molecular weight is 484 g/mol. The Morgan fingerprint density at radius 1 is 1.09 bits per heavy atom. The lowest BCUT2D eigenvalue weighted by atomic mass is 10.0. The Kier molecular flexibility index (Phi) is 6.78. The Morgan fingerprint density at radius 2 is 1.85 bits per heavy atom. The van der Waals surface area contributed by atoms with Gasteiger partial charge in [0.15, 0.2) is 0 Å². The van der Waals surface area contributed by atoms with Gasteiger partial charge in [0.05, 0.1) is 36.3 Å². The van der Waals surface area contributed by atoms with E-state index in [9.17, 15) is 26.4 Å². The quantitative estimate of drug-likeness (QED) is 0.559. The molecule has 1 aliphatic carbocycles. The number of rotatable bonds is 10. The molecule has 0 radical (unpaired) electrons. The summed E-state index contributed by atoms with van der Waals surface area (Å²) < 4.78 is 77.6. The van der Waals surface area contributed by atoms with E-state index in [1.807, 2.05) is 0 Å². The highest BCUT2D eigenvalue weighted by Gasteiger charge is 2.31. The van der Waals surface area contributed by atoms with Crippen LogP contribution in [0.15, 0.2) is 47.4 Å². The van der Waals surface area contributed by atoms with Crippen LogP contribution in [0.25, 0.3) is 0 Å². The molecule has 2 fully saturated rings. The van der Waals surface area contributed by atoms with Crippen LogP contribution in [0.5, 0.6) is 5.75 Å². The molecular formula is C23H24F3NO5S. The first-order valence-electron chi connectivity index (χ1n) is 10.6. The van der Waals surface area contributed by atoms with Crippen molar-refractivity contribution in [1.29, 1.82) is 0 Å². The number of carbonyl (C=O) groups is 1. The number of alkyl halides is 3. The van der Waals surface area contributed by atoms with Gasteiger partial charge in [-0.05, 0) is 48.6 Å². The van der Waals surface area contributed by atoms with Gasteiger partial charge in [0.25, 0.3) is 0 Å². The maximum Gasteiger partial charge on any atom is 0.416 e. The Balaban J connectivity index is 1.52. The van der Waals surface area contributed by atoms with E-state index < -0.39 is 21.8 Å². The molecule has 1 aliphatic heterocycles. The van der Waals surface area contributed by atoms with E-state index in [1.54, 1.807) is 0 Å². The second kappa shape index (κ2) is 9.44. The molecule has 0 aromatic heterocycles. The number of carbonyl (C=O) groups excluding carboxylic acids is 1. The largest absolute Gasteiger partial charge is 0.493 e. The summed E-state index contributed by atoms with van der Waals surface area (Å²) in [6.45, 7) is 1.06. The van der Waals surface area contributed by atoms with Gasteiger partial charge in [-0.3, -0.25) is 4.79 Å². The third kappa shape index (κ3) is 6.33. The first-order chi connectivity index (χ1) is 15.6. The fourth-order valence-electron chi connectivity index (χ4n) is 3.45. The summed E-state index contributed by atoms with van der Waals surface area (Å²) in [6.07, 6.45) is -2.75. The minimum Gasteiger partial charge on any atom is -0.493 e. The summed E-state index contributed by atoms with van der Waals surface area (Å²) in [5.74, 6) is 0.507. The van der Waals surface area contributed by atoms with Crippen LogP contribution in [-0.4, -0.2) is 40.1 Å². The number of halogens is 3. The number of ketones is 1. The molecule has 1 heterocycles. The molecule has 1 N–H and O–H groups in total. The molecule has 33 heavy (non-hydrogen) atoms. The molecule has 0 spiro atoms. The van der Waals surface area contributed by atoms with Gasteiger partial charge in [0.1, 0.15) is 11.5 Å². The van der Waals surface area contributed by atoms with E-state index in [0.717, 1.165) is 25.0 Å². The molecule has 2 aliphatic rings. The van der Waals surface area contributed by atoms with Crippen LogP contribution in [0.2, 0.25) is 0 Å². The van der Waals surface area contributed by atoms with E-state index in [2.05, 4.69) is 4.72 Å². The fourth-order valence-corrected chi connectivity index (χ4v) is 4.70. The summed E-state index contributed by atoms with van der Waals surface area (Å²) in [5.41, 5.74) is -0.188. The van der Waals surface area contributed by atoms with E-state index in [1.165, 1.54) is 30.3 Å². The summed E-state index contributed by atoms with van der Waals surface area (Å²) in [5, 5.41) is 0. The van der Waals surface area contributed by atoms with Gasteiger partial charge in [-0.2, -0.15) is 13.2 Å². The zero-order valence-corrected chi connectivity index (χ0v) is 18.5. The SMILES string of the molecule is O=C(Cc1cccc(C(F)(F)F)c1)Cc1cc(S(=O)(=O)NC2COC2)ccc1OCC1CC1. The number of benzene rings is 2. The van der Waals surface area contributed by atoms with Gasteiger partial charge in [0, 0.05) is 18.4 Å². The minimum atomic E-state index is -4.50. The number of nitrogens with one attached hydrogen (secondary N) is 1. The van der Waals surface area contributed by atoms with Crippen molar-refractivity contribution in [3.05, 3.63) is 59.2 Å². The zero-order valence-electron chi connectivity index (χ0n) is 17.7. The maximum absolute atomic E-state index is 13.0. The minimum absolute atomic E-state index is 0.00459. The summed E-state index contributed by atoms with van der Waals surface area (Å²) in [6, 6.07) is 8.67. The lowest BCUT2D eigenvalue weighted by molar-refractivity contribution is -0.137. The number of hydrogen-bond donors (Lipinski definition) is 1. The molecule has 2 aromatic carbocycles. The molecule has 2 aromatic rings. The van der Waals surface area contributed by atoms with E-state index >= 15 is 0 Å². The highest BCUT2D eigenvalue weighted by atomic mass is 32.2. The Labute approximate surface area is 190 Å². The van der Waals surface area contributed by atoms with E-state index in [-0.39, 0.29) is 35.1 Å². The van der Waals surface area contributed by atoms with Crippen LogP contribution in [-0.2, 0) is 38.6 Å². The van der Waals surface area contributed by atoms with Crippen molar-refractivity contribution >= 4 is 15.8 Å². The van der Waals surface area contributed by atoms with Crippen LogP contribution >= 0.6 is 0 Å². The highest BCUT2D eigenvalue weighted by molar-refractivity contribution is 7.89. The molecule has 1 saturated heterocycles. The molecule has 4 rings (SSSR count). The predicted molar refractivity (Wildman–Crippen MR) is 113 cm³/mol. The lowest BCUT2D eigenvalue weighted by Crippen LogP contribution is -2.48. The van der Waals surface area contributed by atoms with E-state index in [4.69, 9.17) is 9.47 Å². The van der Waals surface area contributed by atoms with E-state index in [0.29, 0.717) is 37.1 Å². The zero-order chi connectivity index (χ0) is 23.6. The fraction of sp³-hybridized carbons (Fsp3) is 0.435. The van der Waals surface area contributed by atoms with Crippen LogP contribution in [0.1, 0.15) is 29.5 Å². The standard InChI is InChI=1S/C23H24F3NO5S/c24-23(25,26)18-3-1-2-16(8-18)9-20(28)10-17-11-21(33(29,30)27-19-13-31-14-19)6-7-22(17)32-12-15-4-5-15/h1-3,6-8,11,15,19,27H,4-5,9-10,12-14H2. The van der Waals surface area contributed by atoms with Crippen molar-refractivity contribution in [1.82, 2.24) is 4.72 Å². The second-order valence-corrected chi connectivity index (χ2v) is 10.2. The van der Waals surface area contributed by atoms with Crippen molar-refractivity contribution in [3.8, 4) is 5.75 Å². The molecule has 178 valence electrons. The number of Topliss-reactive ketones (excluding diaryl/α,β-unsaturated/α-hetero) is 1. The first-order valence-corrected chi connectivity index (χ1v) is 12.1. The van der Waals surface area contributed by atoms with Gasteiger partial charge in [-0.1, -0.05) is 18.2 Å². The van der Waals surface area contributed by atoms with Gasteiger partial charge in [-0.25, -0.2) is 13.1 Å². The normalized spacial score (nSPS) is 16.9. The molecule has 10 heteroatoms. The van der Waals surface area contributed by atoms with Gasteiger partial charge in [0.2, 0.25) is 10.0 Å². The smallest absolute Gasteiger partial charge is 0.416 e. The first kappa shape index (κ1) is 23.7. The van der Waals surface area contributed by atoms with Crippen molar-refractivity contribution in [2.45, 2.75) is 42.8 Å².